The Bertz CT molecular complexity index is 579. The number of benzene rings is 2. The third kappa shape index (κ3) is 4.59. The maximum absolute atomic E-state index is 5.82. The first-order chi connectivity index (χ1) is 9.63. The molecule has 4 heteroatoms. The van der Waals surface area contributed by atoms with Crippen molar-refractivity contribution in [3.05, 3.63) is 59.1 Å². The zero-order chi connectivity index (χ0) is 14.4. The van der Waals surface area contributed by atoms with Crippen molar-refractivity contribution in [2.75, 3.05) is 5.43 Å². The molecule has 0 unspecified atom stereocenters. The lowest BCUT2D eigenvalue weighted by Crippen LogP contribution is -2.05. The van der Waals surface area contributed by atoms with Gasteiger partial charge in [0.2, 0.25) is 0 Å². The molecular formula is C16H17ClN2O. The molecule has 2 rings (SSSR count). The Morgan fingerprint density at radius 3 is 2.60 bits per heavy atom. The van der Waals surface area contributed by atoms with Crippen LogP contribution in [-0.4, -0.2) is 12.3 Å². The number of nitrogens with zero attached hydrogens (tertiary/aromatic N) is 1. The van der Waals surface area contributed by atoms with Crippen molar-refractivity contribution >= 4 is 23.5 Å². The van der Waals surface area contributed by atoms with Crippen LogP contribution in [-0.2, 0) is 0 Å². The Morgan fingerprint density at radius 1 is 1.15 bits per heavy atom. The number of hydrogen-bond acceptors (Lipinski definition) is 3. The maximum Gasteiger partial charge on any atom is 0.120 e. The third-order valence-corrected chi connectivity index (χ3v) is 2.73. The first-order valence-electron chi connectivity index (χ1n) is 6.45. The van der Waals surface area contributed by atoms with E-state index in [1.54, 1.807) is 6.21 Å². The van der Waals surface area contributed by atoms with Gasteiger partial charge in [0.1, 0.15) is 5.75 Å². The van der Waals surface area contributed by atoms with Gasteiger partial charge in [0.25, 0.3) is 0 Å². The molecule has 0 amide bonds. The summed E-state index contributed by atoms with van der Waals surface area (Å²) in [6, 6.07) is 15.2. The van der Waals surface area contributed by atoms with E-state index in [2.05, 4.69) is 10.5 Å². The van der Waals surface area contributed by atoms with E-state index >= 15 is 0 Å². The third-order valence-electron chi connectivity index (χ3n) is 2.48. The van der Waals surface area contributed by atoms with Gasteiger partial charge in [0, 0.05) is 5.02 Å². The molecule has 0 aliphatic heterocycles. The van der Waals surface area contributed by atoms with Gasteiger partial charge in [-0.25, -0.2) is 0 Å². The van der Waals surface area contributed by atoms with E-state index in [1.165, 1.54) is 0 Å². The second-order valence-corrected chi connectivity index (χ2v) is 5.05. The van der Waals surface area contributed by atoms with Gasteiger partial charge in [-0.05, 0) is 55.8 Å². The Labute approximate surface area is 124 Å². The highest BCUT2D eigenvalue weighted by molar-refractivity contribution is 6.30. The first kappa shape index (κ1) is 14.4. The van der Waals surface area contributed by atoms with E-state index in [9.17, 15) is 0 Å². The second-order valence-electron chi connectivity index (χ2n) is 4.62. The van der Waals surface area contributed by atoms with Crippen molar-refractivity contribution in [3.8, 4) is 5.75 Å². The summed E-state index contributed by atoms with van der Waals surface area (Å²) in [5, 5.41) is 4.89. The standard InChI is InChI=1S/C16H17ClN2O/c1-12(2)20-16-5-3-4-13(10-16)11-18-19-15-8-6-14(17)7-9-15/h3-12,19H,1-2H3/b18-11+. The average molecular weight is 289 g/mol. The molecule has 3 nitrogen and oxygen atoms in total. The Kier molecular flexibility index (Phi) is 5.02. The van der Waals surface area contributed by atoms with Crippen LogP contribution in [0.4, 0.5) is 5.69 Å². The minimum Gasteiger partial charge on any atom is -0.491 e. The molecule has 0 saturated carbocycles. The maximum atomic E-state index is 5.82. The van der Waals surface area contributed by atoms with Crippen molar-refractivity contribution in [2.24, 2.45) is 5.10 Å². The van der Waals surface area contributed by atoms with Crippen LogP contribution < -0.4 is 10.2 Å². The van der Waals surface area contributed by atoms with Crippen molar-refractivity contribution in [2.45, 2.75) is 20.0 Å². The lowest BCUT2D eigenvalue weighted by Gasteiger charge is -2.09. The van der Waals surface area contributed by atoms with Gasteiger partial charge in [-0.2, -0.15) is 5.10 Å². The molecule has 0 atom stereocenters. The summed E-state index contributed by atoms with van der Waals surface area (Å²) < 4.78 is 5.64. The zero-order valence-electron chi connectivity index (χ0n) is 11.5. The Morgan fingerprint density at radius 2 is 1.90 bits per heavy atom. The molecule has 0 aromatic heterocycles. The molecule has 1 N–H and O–H groups in total. The highest BCUT2D eigenvalue weighted by Crippen LogP contribution is 2.15. The van der Waals surface area contributed by atoms with Crippen molar-refractivity contribution < 1.29 is 4.74 Å². The summed E-state index contributed by atoms with van der Waals surface area (Å²) >= 11 is 5.82. The van der Waals surface area contributed by atoms with Gasteiger partial charge in [-0.15, -0.1) is 0 Å². The van der Waals surface area contributed by atoms with Crippen molar-refractivity contribution in [1.82, 2.24) is 0 Å². The van der Waals surface area contributed by atoms with E-state index in [4.69, 9.17) is 16.3 Å². The molecule has 2 aromatic carbocycles. The number of rotatable bonds is 5. The molecule has 0 radical (unpaired) electrons. The van der Waals surface area contributed by atoms with Crippen LogP contribution in [0.15, 0.2) is 53.6 Å². The highest BCUT2D eigenvalue weighted by atomic mass is 35.5. The van der Waals surface area contributed by atoms with E-state index in [0.717, 1.165) is 17.0 Å². The van der Waals surface area contributed by atoms with Crippen LogP contribution >= 0.6 is 11.6 Å². The number of halogens is 1. The van der Waals surface area contributed by atoms with Crippen molar-refractivity contribution in [3.63, 3.8) is 0 Å². The molecule has 0 spiro atoms. The number of hydrazone groups is 1. The normalized spacial score (nSPS) is 11.0. The van der Waals surface area contributed by atoms with Crippen LogP contribution in [0.5, 0.6) is 5.75 Å². The predicted molar refractivity (Wildman–Crippen MR) is 84.9 cm³/mol. The van der Waals surface area contributed by atoms with Crippen LogP contribution in [0.1, 0.15) is 19.4 Å². The van der Waals surface area contributed by atoms with E-state index in [1.807, 2.05) is 62.4 Å². The summed E-state index contributed by atoms with van der Waals surface area (Å²) in [4.78, 5) is 0. The molecule has 104 valence electrons. The lowest BCUT2D eigenvalue weighted by atomic mass is 10.2. The summed E-state index contributed by atoms with van der Waals surface area (Å²) in [6.45, 7) is 4.01. The molecular weight excluding hydrogens is 272 g/mol. The number of anilines is 1. The summed E-state index contributed by atoms with van der Waals surface area (Å²) in [7, 11) is 0. The lowest BCUT2D eigenvalue weighted by molar-refractivity contribution is 0.242. The van der Waals surface area contributed by atoms with Gasteiger partial charge in [-0.1, -0.05) is 23.7 Å². The number of hydrogen-bond donors (Lipinski definition) is 1. The molecule has 0 aliphatic rings. The second kappa shape index (κ2) is 6.96. The number of nitrogens with one attached hydrogen (secondary N) is 1. The fourth-order valence-corrected chi connectivity index (χ4v) is 1.77. The van der Waals surface area contributed by atoms with Gasteiger partial charge in [0.15, 0.2) is 0 Å². The van der Waals surface area contributed by atoms with E-state index < -0.39 is 0 Å². The molecule has 0 aliphatic carbocycles. The SMILES string of the molecule is CC(C)Oc1cccc(/C=N/Nc2ccc(Cl)cc2)c1. The fraction of sp³-hybridized carbons (Fsp3) is 0.188. The van der Waals surface area contributed by atoms with Crippen LogP contribution in [0.25, 0.3) is 0 Å². The summed E-state index contributed by atoms with van der Waals surface area (Å²) in [6.07, 6.45) is 1.91. The number of ether oxygens (including phenoxy) is 1. The smallest absolute Gasteiger partial charge is 0.120 e. The molecule has 0 fully saturated rings. The molecule has 2 aromatic rings. The minimum absolute atomic E-state index is 0.161. The summed E-state index contributed by atoms with van der Waals surface area (Å²) in [5.74, 6) is 0.843. The highest BCUT2D eigenvalue weighted by Gasteiger charge is 1.97. The van der Waals surface area contributed by atoms with E-state index in [0.29, 0.717) is 5.02 Å². The van der Waals surface area contributed by atoms with Crippen LogP contribution in [0, 0.1) is 0 Å². The van der Waals surface area contributed by atoms with Crippen LogP contribution in [0.3, 0.4) is 0 Å². The first-order valence-corrected chi connectivity index (χ1v) is 6.82. The monoisotopic (exact) mass is 288 g/mol. The van der Waals surface area contributed by atoms with E-state index in [-0.39, 0.29) is 6.10 Å². The van der Waals surface area contributed by atoms with Crippen LogP contribution in [0.2, 0.25) is 5.02 Å². The van der Waals surface area contributed by atoms with Gasteiger partial charge in [0.05, 0.1) is 18.0 Å². The zero-order valence-corrected chi connectivity index (χ0v) is 12.3. The Balaban J connectivity index is 1.98. The minimum atomic E-state index is 0.161. The van der Waals surface area contributed by atoms with Gasteiger partial charge >= 0.3 is 0 Å². The Hall–Kier alpha value is -2.00. The van der Waals surface area contributed by atoms with Gasteiger partial charge < -0.3 is 4.74 Å². The van der Waals surface area contributed by atoms with Gasteiger partial charge in [-0.3, -0.25) is 5.43 Å². The molecule has 0 saturated heterocycles. The summed E-state index contributed by atoms with van der Waals surface area (Å²) in [5.41, 5.74) is 4.82. The fourth-order valence-electron chi connectivity index (χ4n) is 1.65. The average Bonchev–Trinajstić information content (AvgIpc) is 2.41. The molecule has 0 bridgehead atoms. The predicted octanol–water partition coefficient (Wildman–Crippen LogP) is 4.57. The molecule has 20 heavy (non-hydrogen) atoms. The molecule has 0 heterocycles. The largest absolute Gasteiger partial charge is 0.491 e. The quantitative estimate of drug-likeness (QED) is 0.646. The van der Waals surface area contributed by atoms with Crippen molar-refractivity contribution in [1.29, 1.82) is 0 Å². The topological polar surface area (TPSA) is 33.6 Å².